The maximum absolute atomic E-state index is 12.8. The van der Waals surface area contributed by atoms with Gasteiger partial charge in [0.15, 0.2) is 0 Å². The first-order valence-electron chi connectivity index (χ1n) is 9.96. The Bertz CT molecular complexity index is 869. The number of likely N-dealkylation sites (tertiary alicyclic amines) is 1. The molecule has 156 valence electrons. The molecule has 1 atom stereocenters. The van der Waals surface area contributed by atoms with Gasteiger partial charge in [-0.05, 0) is 51.2 Å². The average Bonchev–Trinajstić information content (AvgIpc) is 3.10. The Labute approximate surface area is 175 Å². The molecule has 2 aromatic rings. The number of amides is 2. The van der Waals surface area contributed by atoms with Gasteiger partial charge in [0.1, 0.15) is 11.4 Å². The van der Waals surface area contributed by atoms with Crippen LogP contribution < -0.4 is 5.32 Å². The van der Waals surface area contributed by atoms with Gasteiger partial charge in [0.25, 0.3) is 0 Å². The molecule has 0 spiro atoms. The molecule has 7 nitrogen and oxygen atoms in total. The van der Waals surface area contributed by atoms with E-state index in [0.29, 0.717) is 31.0 Å². The third kappa shape index (κ3) is 5.35. The van der Waals surface area contributed by atoms with Crippen molar-refractivity contribution >= 4 is 23.4 Å². The molecule has 0 radical (unpaired) electrons. The van der Waals surface area contributed by atoms with Gasteiger partial charge >= 0.3 is 0 Å². The lowest BCUT2D eigenvalue weighted by atomic mass is 9.80. The Morgan fingerprint density at radius 3 is 2.83 bits per heavy atom. The molecule has 29 heavy (non-hydrogen) atoms. The number of carbonyl (C=O) groups is 2. The fourth-order valence-electron chi connectivity index (χ4n) is 3.70. The van der Waals surface area contributed by atoms with Gasteiger partial charge in [0, 0.05) is 24.7 Å². The van der Waals surface area contributed by atoms with Crippen LogP contribution in [0.2, 0.25) is 5.02 Å². The Morgan fingerprint density at radius 1 is 1.31 bits per heavy atom. The molecule has 0 saturated carbocycles. The number of carbonyl (C=O) groups excluding carboxylic acids is 2. The van der Waals surface area contributed by atoms with Gasteiger partial charge in [0.05, 0.1) is 11.8 Å². The summed E-state index contributed by atoms with van der Waals surface area (Å²) in [5.41, 5.74) is 1.66. The van der Waals surface area contributed by atoms with Gasteiger partial charge in [-0.2, -0.15) is 0 Å². The second-order valence-corrected chi connectivity index (χ2v) is 8.31. The summed E-state index contributed by atoms with van der Waals surface area (Å²) >= 11 is 6.18. The van der Waals surface area contributed by atoms with E-state index in [9.17, 15) is 9.59 Å². The SMILES string of the molecule is Cc1nonc1CC(=O)N1CCC[C@@](C)(C(=O)NCCCc2ccccc2Cl)C1. The van der Waals surface area contributed by atoms with E-state index in [2.05, 4.69) is 20.3 Å². The molecule has 1 fully saturated rings. The van der Waals surface area contributed by atoms with Crippen molar-refractivity contribution in [3.63, 3.8) is 0 Å². The highest BCUT2D eigenvalue weighted by atomic mass is 35.5. The van der Waals surface area contributed by atoms with Gasteiger partial charge < -0.3 is 10.2 Å². The molecule has 0 bridgehead atoms. The number of aryl methyl sites for hydroxylation is 2. The molecule has 0 aliphatic carbocycles. The Morgan fingerprint density at radius 2 is 2.10 bits per heavy atom. The van der Waals surface area contributed by atoms with E-state index in [4.69, 9.17) is 11.6 Å². The van der Waals surface area contributed by atoms with Crippen molar-refractivity contribution in [3.8, 4) is 0 Å². The summed E-state index contributed by atoms with van der Waals surface area (Å²) in [7, 11) is 0. The molecule has 1 aliphatic heterocycles. The lowest BCUT2D eigenvalue weighted by molar-refractivity contribution is -0.140. The highest BCUT2D eigenvalue weighted by molar-refractivity contribution is 6.31. The molecule has 3 rings (SSSR count). The van der Waals surface area contributed by atoms with E-state index in [1.807, 2.05) is 31.2 Å². The maximum Gasteiger partial charge on any atom is 0.228 e. The lowest BCUT2D eigenvalue weighted by Gasteiger charge is -2.39. The van der Waals surface area contributed by atoms with Crippen LogP contribution in [0.3, 0.4) is 0 Å². The van der Waals surface area contributed by atoms with Crippen LogP contribution in [0.4, 0.5) is 0 Å². The zero-order valence-corrected chi connectivity index (χ0v) is 17.7. The highest BCUT2D eigenvalue weighted by Gasteiger charge is 2.39. The zero-order valence-electron chi connectivity index (χ0n) is 16.9. The van der Waals surface area contributed by atoms with Gasteiger partial charge in [-0.25, -0.2) is 4.63 Å². The van der Waals surface area contributed by atoms with Crippen molar-refractivity contribution in [2.75, 3.05) is 19.6 Å². The predicted octanol–water partition coefficient (Wildman–Crippen LogP) is 2.95. The first-order valence-corrected chi connectivity index (χ1v) is 10.3. The number of aromatic nitrogens is 2. The highest BCUT2D eigenvalue weighted by Crippen LogP contribution is 2.30. The number of hydrogen-bond donors (Lipinski definition) is 1. The summed E-state index contributed by atoms with van der Waals surface area (Å²) in [6.45, 7) is 5.33. The number of hydrogen-bond acceptors (Lipinski definition) is 5. The van der Waals surface area contributed by atoms with Crippen LogP contribution >= 0.6 is 11.6 Å². The van der Waals surface area contributed by atoms with Crippen molar-refractivity contribution in [3.05, 3.63) is 46.2 Å². The fraction of sp³-hybridized carbons (Fsp3) is 0.524. The normalized spacial score (nSPS) is 19.2. The summed E-state index contributed by atoms with van der Waals surface area (Å²) in [5.74, 6) is -0.0605. The third-order valence-electron chi connectivity index (χ3n) is 5.53. The molecular weight excluding hydrogens is 392 g/mol. The summed E-state index contributed by atoms with van der Waals surface area (Å²) in [6, 6.07) is 7.75. The molecule has 0 unspecified atom stereocenters. The Kier molecular flexibility index (Phi) is 6.90. The minimum Gasteiger partial charge on any atom is -0.356 e. The molecule has 2 heterocycles. The zero-order chi connectivity index (χ0) is 20.9. The van der Waals surface area contributed by atoms with Crippen LogP contribution in [0.5, 0.6) is 0 Å². The van der Waals surface area contributed by atoms with Crippen LogP contribution in [-0.4, -0.2) is 46.7 Å². The number of halogens is 1. The standard InChI is InChI=1S/C21H27ClN4O3/c1-15-18(25-29-24-15)13-19(27)26-12-6-10-21(2,14-26)20(28)23-11-5-8-16-7-3-4-9-17(16)22/h3-4,7,9H,5-6,8,10-14H2,1-2H3,(H,23,28)/t21-/m1/s1. The van der Waals surface area contributed by atoms with Crippen LogP contribution in [0.15, 0.2) is 28.9 Å². The minimum absolute atomic E-state index is 0.00607. The Balaban J connectivity index is 1.49. The molecule has 1 aromatic carbocycles. The molecule has 8 heteroatoms. The summed E-state index contributed by atoms with van der Waals surface area (Å²) in [6.07, 6.45) is 3.33. The van der Waals surface area contributed by atoms with Gasteiger partial charge in [-0.15, -0.1) is 0 Å². The lowest BCUT2D eigenvalue weighted by Crippen LogP contribution is -2.52. The predicted molar refractivity (Wildman–Crippen MR) is 109 cm³/mol. The number of nitrogens with one attached hydrogen (secondary N) is 1. The van der Waals surface area contributed by atoms with E-state index in [1.54, 1.807) is 11.8 Å². The number of nitrogens with zero attached hydrogens (tertiary/aromatic N) is 3. The summed E-state index contributed by atoms with van der Waals surface area (Å²) in [5, 5.41) is 11.3. The molecule has 1 N–H and O–H groups in total. The van der Waals surface area contributed by atoms with Crippen molar-refractivity contribution in [1.82, 2.24) is 20.5 Å². The number of piperidine rings is 1. The second-order valence-electron chi connectivity index (χ2n) is 7.90. The quantitative estimate of drug-likeness (QED) is 0.698. The van der Waals surface area contributed by atoms with E-state index < -0.39 is 5.41 Å². The van der Waals surface area contributed by atoms with Crippen molar-refractivity contribution in [2.45, 2.75) is 46.0 Å². The first-order chi connectivity index (χ1) is 13.9. The van der Waals surface area contributed by atoms with Gasteiger partial charge in [-0.3, -0.25) is 9.59 Å². The topological polar surface area (TPSA) is 88.3 Å². The monoisotopic (exact) mass is 418 g/mol. The van der Waals surface area contributed by atoms with E-state index >= 15 is 0 Å². The van der Waals surface area contributed by atoms with Crippen LogP contribution in [0.25, 0.3) is 0 Å². The first kappa shape index (κ1) is 21.3. The summed E-state index contributed by atoms with van der Waals surface area (Å²) < 4.78 is 4.66. The van der Waals surface area contributed by atoms with Crippen molar-refractivity contribution in [1.29, 1.82) is 0 Å². The van der Waals surface area contributed by atoms with Crippen molar-refractivity contribution < 1.29 is 14.2 Å². The second kappa shape index (κ2) is 9.39. The molecule has 1 aliphatic rings. The maximum atomic E-state index is 12.8. The molecule has 1 saturated heterocycles. The van der Waals surface area contributed by atoms with Crippen LogP contribution in [0.1, 0.15) is 43.1 Å². The van der Waals surface area contributed by atoms with Gasteiger partial charge in [0.2, 0.25) is 11.8 Å². The van der Waals surface area contributed by atoms with Crippen LogP contribution in [-0.2, 0) is 22.4 Å². The molecule has 2 amide bonds. The van der Waals surface area contributed by atoms with Crippen LogP contribution in [0, 0.1) is 12.3 Å². The molecular formula is C21H27ClN4O3. The number of benzene rings is 1. The number of rotatable bonds is 7. The third-order valence-corrected chi connectivity index (χ3v) is 5.90. The summed E-state index contributed by atoms with van der Waals surface area (Å²) in [4.78, 5) is 27.2. The van der Waals surface area contributed by atoms with Crippen molar-refractivity contribution in [2.24, 2.45) is 5.41 Å². The van der Waals surface area contributed by atoms with E-state index in [1.165, 1.54) is 0 Å². The Hall–Kier alpha value is -2.41. The van der Waals surface area contributed by atoms with E-state index in [-0.39, 0.29) is 18.2 Å². The van der Waals surface area contributed by atoms with Gasteiger partial charge in [-0.1, -0.05) is 40.1 Å². The van der Waals surface area contributed by atoms with E-state index in [0.717, 1.165) is 36.3 Å². The smallest absolute Gasteiger partial charge is 0.228 e. The fourth-order valence-corrected chi connectivity index (χ4v) is 3.93. The minimum atomic E-state index is -0.588. The molecule has 1 aromatic heterocycles. The average molecular weight is 419 g/mol. The largest absolute Gasteiger partial charge is 0.356 e.